The van der Waals surface area contributed by atoms with Crippen LogP contribution in [0, 0.1) is 11.3 Å². The fraction of sp³-hybridized carbons (Fsp3) is 0.273. The summed E-state index contributed by atoms with van der Waals surface area (Å²) in [6.45, 7) is 0. The largest absolute Gasteiger partial charge is 0.495 e. The number of hydrogen-bond acceptors (Lipinski definition) is 3. The smallest absolute Gasteiger partial charge is 0.307 e. The Morgan fingerprint density at radius 1 is 1.56 bits per heavy atom. The molecule has 84 valence electrons. The molecule has 16 heavy (non-hydrogen) atoms. The molecular formula is C11H10ClNO3. The molecule has 0 atom stereocenters. The molecule has 0 amide bonds. The number of halogens is 1. The number of ether oxygens (including phenoxy) is 1. The van der Waals surface area contributed by atoms with E-state index < -0.39 is 5.97 Å². The van der Waals surface area contributed by atoms with Crippen LogP contribution in [0.25, 0.3) is 0 Å². The van der Waals surface area contributed by atoms with Gasteiger partial charge in [-0.25, -0.2) is 0 Å². The summed E-state index contributed by atoms with van der Waals surface area (Å²) in [7, 11) is 1.43. The number of rotatable bonds is 4. The molecule has 0 bridgehead atoms. The Morgan fingerprint density at radius 3 is 2.62 bits per heavy atom. The van der Waals surface area contributed by atoms with Crippen molar-refractivity contribution in [1.82, 2.24) is 0 Å². The molecule has 0 aliphatic rings. The van der Waals surface area contributed by atoms with Gasteiger partial charge < -0.3 is 9.84 Å². The number of alkyl halides is 1. The number of hydrogen-bond donors (Lipinski definition) is 1. The average Bonchev–Trinajstić information content (AvgIpc) is 2.27. The summed E-state index contributed by atoms with van der Waals surface area (Å²) in [5.74, 6) is -0.418. The van der Waals surface area contributed by atoms with E-state index in [0.717, 1.165) is 0 Å². The Hall–Kier alpha value is -1.73. The lowest BCUT2D eigenvalue weighted by molar-refractivity contribution is -0.136. The monoisotopic (exact) mass is 239 g/mol. The minimum atomic E-state index is -0.989. The fourth-order valence-corrected chi connectivity index (χ4v) is 1.65. The van der Waals surface area contributed by atoms with E-state index in [1.165, 1.54) is 7.11 Å². The van der Waals surface area contributed by atoms with Crippen molar-refractivity contribution < 1.29 is 14.6 Å². The van der Waals surface area contributed by atoms with Gasteiger partial charge in [0.25, 0.3) is 0 Å². The molecular weight excluding hydrogens is 230 g/mol. The second kappa shape index (κ2) is 5.38. The third kappa shape index (κ3) is 2.44. The first-order valence-corrected chi connectivity index (χ1v) is 5.04. The third-order valence-corrected chi connectivity index (χ3v) is 2.42. The standard InChI is InChI=1S/C11H10ClNO3/c1-16-11-8(5-12)3-2-7(4-10(14)15)9(11)6-13/h2-3H,4-5H2,1H3,(H,14,15). The van der Waals surface area contributed by atoms with E-state index in [1.54, 1.807) is 12.1 Å². The highest BCUT2D eigenvalue weighted by atomic mass is 35.5. The SMILES string of the molecule is COc1c(CCl)ccc(CC(=O)O)c1C#N. The van der Waals surface area contributed by atoms with Crippen LogP contribution in [-0.2, 0) is 17.1 Å². The van der Waals surface area contributed by atoms with Gasteiger partial charge in [-0.2, -0.15) is 5.26 Å². The highest BCUT2D eigenvalue weighted by Crippen LogP contribution is 2.28. The molecule has 0 radical (unpaired) electrons. The zero-order valence-electron chi connectivity index (χ0n) is 8.66. The average molecular weight is 240 g/mol. The number of carbonyl (C=O) groups is 1. The summed E-state index contributed by atoms with van der Waals surface area (Å²) in [5, 5.41) is 17.7. The second-order valence-electron chi connectivity index (χ2n) is 3.11. The van der Waals surface area contributed by atoms with Crippen molar-refractivity contribution in [1.29, 1.82) is 5.26 Å². The maximum Gasteiger partial charge on any atom is 0.307 e. The summed E-state index contributed by atoms with van der Waals surface area (Å²) < 4.78 is 5.08. The Bertz CT molecular complexity index is 451. The highest BCUT2D eigenvalue weighted by molar-refractivity contribution is 6.17. The van der Waals surface area contributed by atoms with Crippen LogP contribution in [0.15, 0.2) is 12.1 Å². The molecule has 1 aromatic carbocycles. The summed E-state index contributed by atoms with van der Waals surface area (Å²) in [6, 6.07) is 5.21. The van der Waals surface area contributed by atoms with Gasteiger partial charge in [0.2, 0.25) is 0 Å². The van der Waals surface area contributed by atoms with Gasteiger partial charge in [0.1, 0.15) is 11.8 Å². The molecule has 0 saturated carbocycles. The van der Waals surface area contributed by atoms with Crippen LogP contribution in [0.4, 0.5) is 0 Å². The topological polar surface area (TPSA) is 70.3 Å². The first-order chi connectivity index (χ1) is 7.63. The zero-order valence-corrected chi connectivity index (χ0v) is 9.41. The van der Waals surface area contributed by atoms with Crippen LogP contribution >= 0.6 is 11.6 Å². The Labute approximate surface area is 98.0 Å². The van der Waals surface area contributed by atoms with Gasteiger partial charge in [-0.15, -0.1) is 11.6 Å². The zero-order chi connectivity index (χ0) is 12.1. The number of nitriles is 1. The van der Waals surface area contributed by atoms with Crippen molar-refractivity contribution in [2.75, 3.05) is 7.11 Å². The first kappa shape index (κ1) is 12.3. The van der Waals surface area contributed by atoms with Crippen LogP contribution in [0.1, 0.15) is 16.7 Å². The maximum absolute atomic E-state index is 10.6. The van der Waals surface area contributed by atoms with Gasteiger partial charge in [-0.3, -0.25) is 4.79 Å². The lowest BCUT2D eigenvalue weighted by Crippen LogP contribution is -2.05. The molecule has 0 aliphatic carbocycles. The summed E-state index contributed by atoms with van der Waals surface area (Å²) in [6.07, 6.45) is -0.207. The first-order valence-electron chi connectivity index (χ1n) is 4.50. The Kier molecular flexibility index (Phi) is 4.15. The van der Waals surface area contributed by atoms with Gasteiger partial charge in [0.15, 0.2) is 0 Å². The molecule has 0 spiro atoms. The summed E-state index contributed by atoms with van der Waals surface area (Å²) in [5.41, 5.74) is 1.35. The molecule has 0 aromatic heterocycles. The van der Waals surface area contributed by atoms with E-state index in [9.17, 15) is 4.79 Å². The normalized spacial score (nSPS) is 9.56. The minimum absolute atomic E-state index is 0.207. The van der Waals surface area contributed by atoms with E-state index in [4.69, 9.17) is 26.7 Å². The van der Waals surface area contributed by atoms with Crippen molar-refractivity contribution in [3.63, 3.8) is 0 Å². The van der Waals surface area contributed by atoms with Crippen LogP contribution in [0.5, 0.6) is 5.75 Å². The lowest BCUT2D eigenvalue weighted by Gasteiger charge is -2.10. The van der Waals surface area contributed by atoms with Crippen molar-refractivity contribution in [2.45, 2.75) is 12.3 Å². The molecule has 0 unspecified atom stereocenters. The van der Waals surface area contributed by atoms with E-state index in [1.807, 2.05) is 6.07 Å². The summed E-state index contributed by atoms with van der Waals surface area (Å²) >= 11 is 5.69. The van der Waals surface area contributed by atoms with Gasteiger partial charge in [0.05, 0.1) is 25.0 Å². The second-order valence-corrected chi connectivity index (χ2v) is 3.38. The van der Waals surface area contributed by atoms with Gasteiger partial charge in [-0.1, -0.05) is 12.1 Å². The predicted octanol–water partition coefficient (Wildman–Crippen LogP) is 1.93. The van der Waals surface area contributed by atoms with Crippen LogP contribution in [-0.4, -0.2) is 18.2 Å². The van der Waals surface area contributed by atoms with E-state index in [-0.39, 0.29) is 17.9 Å². The molecule has 1 aromatic rings. The highest BCUT2D eigenvalue weighted by Gasteiger charge is 2.15. The quantitative estimate of drug-likeness (QED) is 0.815. The number of methoxy groups -OCH3 is 1. The molecule has 4 nitrogen and oxygen atoms in total. The Balaban J connectivity index is 3.32. The van der Waals surface area contributed by atoms with Crippen molar-refractivity contribution >= 4 is 17.6 Å². The van der Waals surface area contributed by atoms with Crippen molar-refractivity contribution in [3.8, 4) is 11.8 Å². The number of nitrogens with zero attached hydrogens (tertiary/aromatic N) is 1. The molecule has 0 saturated heterocycles. The molecule has 1 N–H and O–H groups in total. The van der Waals surface area contributed by atoms with Crippen molar-refractivity contribution in [2.24, 2.45) is 0 Å². The van der Waals surface area contributed by atoms with E-state index >= 15 is 0 Å². The Morgan fingerprint density at radius 2 is 2.19 bits per heavy atom. The molecule has 0 fully saturated rings. The number of carboxylic acids is 1. The number of benzene rings is 1. The van der Waals surface area contributed by atoms with E-state index in [0.29, 0.717) is 16.9 Å². The molecule has 1 rings (SSSR count). The fourth-order valence-electron chi connectivity index (χ4n) is 1.44. The lowest BCUT2D eigenvalue weighted by atomic mass is 10.0. The number of aliphatic carboxylic acids is 1. The van der Waals surface area contributed by atoms with Crippen LogP contribution in [0.2, 0.25) is 0 Å². The minimum Gasteiger partial charge on any atom is -0.495 e. The maximum atomic E-state index is 10.6. The molecule has 0 aliphatic heterocycles. The predicted molar refractivity (Wildman–Crippen MR) is 58.6 cm³/mol. The third-order valence-electron chi connectivity index (χ3n) is 2.13. The summed E-state index contributed by atoms with van der Waals surface area (Å²) in [4.78, 5) is 10.6. The van der Waals surface area contributed by atoms with Gasteiger partial charge in [0, 0.05) is 5.56 Å². The van der Waals surface area contributed by atoms with Crippen LogP contribution < -0.4 is 4.74 Å². The van der Waals surface area contributed by atoms with E-state index in [2.05, 4.69) is 0 Å². The molecule has 0 heterocycles. The van der Waals surface area contributed by atoms with Crippen LogP contribution in [0.3, 0.4) is 0 Å². The number of carboxylic acid groups (broad SMARTS) is 1. The van der Waals surface area contributed by atoms with Gasteiger partial charge in [-0.05, 0) is 5.56 Å². The van der Waals surface area contributed by atoms with Crippen molar-refractivity contribution in [3.05, 3.63) is 28.8 Å². The van der Waals surface area contributed by atoms with Gasteiger partial charge >= 0.3 is 5.97 Å². The molecule has 5 heteroatoms.